The first-order valence-electron chi connectivity index (χ1n) is 23.0. The molecular formula is C50H64N5O12PS. The first-order chi connectivity index (χ1) is 32.4. The Kier molecular flexibility index (Phi) is 16.9. The van der Waals surface area contributed by atoms with E-state index in [4.69, 9.17) is 29.0 Å². The Balaban J connectivity index is 1.15. The van der Waals surface area contributed by atoms with Crippen LogP contribution in [0.3, 0.4) is 0 Å². The number of aryl methyl sites for hydroxylation is 1. The van der Waals surface area contributed by atoms with Gasteiger partial charge in [0.1, 0.15) is 17.8 Å². The lowest BCUT2D eigenvalue weighted by Crippen LogP contribution is -2.56. The molecule has 5 N–H and O–H groups in total. The number of thiol groups is 1. The molecule has 0 saturated heterocycles. The molecule has 372 valence electrons. The van der Waals surface area contributed by atoms with Gasteiger partial charge < -0.3 is 35.6 Å². The molecular weight excluding hydrogens is 926 g/mol. The largest absolute Gasteiger partial charge is 0.438 e. The number of aromatic amines is 1. The maximum absolute atomic E-state index is 14.6. The SMILES string of the molecule is CC(S)c1ccc(CO[C@H](C)[C@H](CCC(N)=O)NC(=O)[C@@H]2Cc3cccc4c3N2C(=O)[C@@H](NC(=O)c2cc3cc(CP(=O)(OCOC(=O)C(C)(C)C)OCOC(=O)C(C)(C)C)ccc3[nH]2)CC4)cc1. The van der Waals surface area contributed by atoms with Crippen LogP contribution in [0.1, 0.15) is 118 Å². The second-order valence-electron chi connectivity index (χ2n) is 19.7. The number of fused-ring (bicyclic) bond motifs is 1. The number of esters is 2. The molecule has 0 fully saturated rings. The van der Waals surface area contributed by atoms with Crippen LogP contribution >= 0.6 is 20.2 Å². The highest BCUT2D eigenvalue weighted by Crippen LogP contribution is 2.52. The molecule has 5 atom stereocenters. The number of carbonyl (C=O) groups excluding carboxylic acids is 6. The standard InChI is InChI=1S/C50H64N5O12PS/c1-29(63-25-31-12-15-33(16-13-31)30(2)69)37(20-21-42(51)56)53-45(58)41-24-35-11-9-10-34-17-19-39(46(59)55(41)43(34)35)54-44(57)40-23-36-22-32(14-18-38(36)52-40)26-68(62,66-27-64-47(60)49(3,4)5)67-28-65-48(61)50(6,7)8/h9-16,18,22-23,29-30,37,39,41,52,69H,17,19-21,24-28H2,1-8H3,(H2,51,56)(H,53,58)(H,54,57)/t29-,30?,37+,39+,41+/m1/s1. The number of aromatic nitrogens is 1. The van der Waals surface area contributed by atoms with E-state index in [9.17, 15) is 33.3 Å². The number of amides is 4. The van der Waals surface area contributed by atoms with Gasteiger partial charge >= 0.3 is 19.5 Å². The molecule has 2 aliphatic heterocycles. The monoisotopic (exact) mass is 989 g/mol. The number of benzene rings is 3. The summed E-state index contributed by atoms with van der Waals surface area (Å²) >= 11 is 4.49. The molecule has 2 aliphatic rings. The smallest absolute Gasteiger partial charge is 0.340 e. The van der Waals surface area contributed by atoms with Crippen LogP contribution in [0.15, 0.2) is 66.7 Å². The summed E-state index contributed by atoms with van der Waals surface area (Å²) < 4.78 is 41.6. The molecule has 19 heteroatoms. The molecule has 4 amide bonds. The fourth-order valence-electron chi connectivity index (χ4n) is 7.96. The van der Waals surface area contributed by atoms with Gasteiger partial charge in [0.25, 0.3) is 5.91 Å². The Morgan fingerprint density at radius 2 is 1.51 bits per heavy atom. The predicted molar refractivity (Wildman–Crippen MR) is 262 cm³/mol. The third-order valence-electron chi connectivity index (χ3n) is 12.0. The number of hydrogen-bond donors (Lipinski definition) is 5. The number of rotatable bonds is 20. The molecule has 1 unspecified atom stereocenters. The van der Waals surface area contributed by atoms with Gasteiger partial charge in [0.2, 0.25) is 31.3 Å². The Morgan fingerprint density at radius 3 is 2.12 bits per heavy atom. The number of para-hydroxylation sites is 1. The van der Waals surface area contributed by atoms with Gasteiger partial charge in [-0.25, -0.2) is 0 Å². The van der Waals surface area contributed by atoms with Crippen LogP contribution in [0.5, 0.6) is 0 Å². The minimum Gasteiger partial charge on any atom is -0.438 e. The highest BCUT2D eigenvalue weighted by molar-refractivity contribution is 7.80. The topological polar surface area (TPSA) is 235 Å². The molecule has 0 radical (unpaired) electrons. The first kappa shape index (κ1) is 52.8. The zero-order valence-electron chi connectivity index (χ0n) is 40.4. The Labute approximate surface area is 408 Å². The van der Waals surface area contributed by atoms with Crippen LogP contribution in [0.25, 0.3) is 10.9 Å². The Hall–Kier alpha value is -5.52. The van der Waals surface area contributed by atoms with E-state index in [0.29, 0.717) is 28.6 Å². The minimum absolute atomic E-state index is 0.00454. The Morgan fingerprint density at radius 1 is 0.884 bits per heavy atom. The first-order valence-corrected chi connectivity index (χ1v) is 25.2. The van der Waals surface area contributed by atoms with Crippen molar-refractivity contribution in [3.8, 4) is 0 Å². The number of nitrogens with two attached hydrogens (primary N) is 1. The molecule has 6 rings (SSSR count). The molecule has 0 spiro atoms. The lowest BCUT2D eigenvalue weighted by Gasteiger charge is -2.31. The number of ether oxygens (including phenoxy) is 3. The van der Waals surface area contributed by atoms with Gasteiger partial charge in [0.05, 0.1) is 41.4 Å². The molecule has 17 nitrogen and oxygen atoms in total. The van der Waals surface area contributed by atoms with E-state index in [2.05, 4.69) is 28.2 Å². The number of primary amides is 1. The molecule has 69 heavy (non-hydrogen) atoms. The summed E-state index contributed by atoms with van der Waals surface area (Å²) in [6.07, 6.45) is 0.347. The van der Waals surface area contributed by atoms with Gasteiger partial charge in [0, 0.05) is 29.0 Å². The van der Waals surface area contributed by atoms with Crippen molar-refractivity contribution in [3.63, 3.8) is 0 Å². The van der Waals surface area contributed by atoms with Crippen molar-refractivity contribution in [3.05, 3.63) is 100 Å². The van der Waals surface area contributed by atoms with Crippen molar-refractivity contribution in [1.29, 1.82) is 0 Å². The average Bonchev–Trinajstić information content (AvgIpc) is 3.86. The van der Waals surface area contributed by atoms with Crippen LogP contribution in [-0.4, -0.2) is 78.4 Å². The summed E-state index contributed by atoms with van der Waals surface area (Å²) in [5.41, 5.74) is 9.36. The van der Waals surface area contributed by atoms with Gasteiger partial charge in [-0.2, -0.15) is 12.6 Å². The second-order valence-corrected chi connectivity index (χ2v) is 22.5. The third-order valence-corrected chi connectivity index (χ3v) is 14.0. The fourth-order valence-corrected chi connectivity index (χ4v) is 9.46. The predicted octanol–water partition coefficient (Wildman–Crippen LogP) is 7.34. The van der Waals surface area contributed by atoms with Crippen molar-refractivity contribution in [1.82, 2.24) is 15.6 Å². The highest BCUT2D eigenvalue weighted by Gasteiger charge is 2.45. The lowest BCUT2D eigenvalue weighted by molar-refractivity contribution is -0.162. The van der Waals surface area contributed by atoms with Crippen LogP contribution < -0.4 is 21.3 Å². The quantitative estimate of drug-likeness (QED) is 0.0253. The zero-order chi connectivity index (χ0) is 50.4. The summed E-state index contributed by atoms with van der Waals surface area (Å²) in [6.45, 7) is 12.6. The van der Waals surface area contributed by atoms with E-state index < -0.39 is 91.8 Å². The number of H-pyrrole nitrogens is 1. The van der Waals surface area contributed by atoms with Crippen LogP contribution in [0.4, 0.5) is 5.69 Å². The zero-order valence-corrected chi connectivity index (χ0v) is 42.2. The number of carbonyl (C=O) groups is 6. The number of anilines is 1. The number of nitrogens with zero attached hydrogens (tertiary/aromatic N) is 1. The molecule has 3 aromatic carbocycles. The Bertz CT molecular complexity index is 2570. The van der Waals surface area contributed by atoms with Crippen molar-refractivity contribution >= 4 is 72.4 Å². The molecule has 0 bridgehead atoms. The summed E-state index contributed by atoms with van der Waals surface area (Å²) in [6, 6.07) is 17.6. The maximum Gasteiger partial charge on any atom is 0.340 e. The van der Waals surface area contributed by atoms with Gasteiger partial charge in [-0.1, -0.05) is 48.5 Å². The van der Waals surface area contributed by atoms with Crippen molar-refractivity contribution in [2.45, 2.75) is 130 Å². The van der Waals surface area contributed by atoms with Gasteiger partial charge in [-0.3, -0.25) is 47.3 Å². The fraction of sp³-hybridized carbons (Fsp3) is 0.480. The summed E-state index contributed by atoms with van der Waals surface area (Å²) in [5.74, 6) is -3.15. The number of nitrogens with one attached hydrogen (secondary N) is 3. The van der Waals surface area contributed by atoms with Crippen molar-refractivity contribution in [2.24, 2.45) is 16.6 Å². The minimum atomic E-state index is -4.11. The van der Waals surface area contributed by atoms with Gasteiger partial charge in [-0.05, 0) is 121 Å². The van der Waals surface area contributed by atoms with Crippen LogP contribution in [0, 0.1) is 10.8 Å². The van der Waals surface area contributed by atoms with E-state index in [1.54, 1.807) is 65.8 Å². The van der Waals surface area contributed by atoms with Crippen LogP contribution in [-0.2, 0) is 77.4 Å². The van der Waals surface area contributed by atoms with Crippen molar-refractivity contribution in [2.75, 3.05) is 18.5 Å². The van der Waals surface area contributed by atoms with E-state index in [0.717, 1.165) is 22.3 Å². The second kappa shape index (κ2) is 22.1. The van der Waals surface area contributed by atoms with Crippen molar-refractivity contribution < 1.29 is 56.6 Å². The molecule has 0 saturated carbocycles. The van der Waals surface area contributed by atoms with Gasteiger partial charge in [-0.15, -0.1) is 0 Å². The maximum atomic E-state index is 14.6. The molecule has 3 heterocycles. The normalized spacial score (nSPS) is 17.3. The highest BCUT2D eigenvalue weighted by atomic mass is 32.1. The average molecular weight is 990 g/mol. The van der Waals surface area contributed by atoms with E-state index in [1.165, 1.54) is 4.90 Å². The third kappa shape index (κ3) is 13.6. The molecule has 4 aromatic rings. The lowest BCUT2D eigenvalue weighted by atomic mass is 9.98. The van der Waals surface area contributed by atoms with E-state index in [1.807, 2.05) is 56.3 Å². The van der Waals surface area contributed by atoms with E-state index >= 15 is 0 Å². The van der Waals surface area contributed by atoms with Crippen LogP contribution in [0.2, 0.25) is 0 Å². The summed E-state index contributed by atoms with van der Waals surface area (Å²) in [7, 11) is -4.11. The molecule has 0 aliphatic carbocycles. The van der Waals surface area contributed by atoms with Gasteiger partial charge in [0.15, 0.2) is 0 Å². The summed E-state index contributed by atoms with van der Waals surface area (Å²) in [4.78, 5) is 84.2. The number of hydrogen-bond acceptors (Lipinski definition) is 13. The van der Waals surface area contributed by atoms with E-state index in [-0.39, 0.29) is 49.4 Å². The summed E-state index contributed by atoms with van der Waals surface area (Å²) in [5, 5.41) is 6.62. The molecule has 1 aromatic heterocycles.